The van der Waals surface area contributed by atoms with E-state index >= 15 is 0 Å². The fraction of sp³-hybridized carbons (Fsp3) is 0.391. The van der Waals surface area contributed by atoms with Gasteiger partial charge in [-0.3, -0.25) is 10.1 Å². The summed E-state index contributed by atoms with van der Waals surface area (Å²) in [6, 6.07) is 15.4. The van der Waals surface area contributed by atoms with Gasteiger partial charge in [-0.05, 0) is 66.9 Å². The first kappa shape index (κ1) is 23.2. The highest BCUT2D eigenvalue weighted by Gasteiger charge is 2.08. The van der Waals surface area contributed by atoms with E-state index in [1.807, 2.05) is 30.5 Å². The van der Waals surface area contributed by atoms with E-state index in [-0.39, 0.29) is 5.91 Å². The monoisotopic (exact) mass is 430 g/mol. The van der Waals surface area contributed by atoms with Crippen LogP contribution in [0, 0.1) is 0 Å². The minimum Gasteiger partial charge on any atom is -0.494 e. The number of thiocarbonyl (C=S) groups is 1. The van der Waals surface area contributed by atoms with Crippen LogP contribution in [0.5, 0.6) is 5.75 Å². The highest BCUT2D eigenvalue weighted by molar-refractivity contribution is 7.98. The van der Waals surface area contributed by atoms with Crippen LogP contribution in [0.4, 0.5) is 0 Å². The van der Waals surface area contributed by atoms with Gasteiger partial charge in [0.1, 0.15) is 5.75 Å². The lowest BCUT2D eigenvalue weighted by atomic mass is 10.2. The van der Waals surface area contributed by atoms with Crippen molar-refractivity contribution in [3.8, 4) is 5.75 Å². The van der Waals surface area contributed by atoms with Crippen molar-refractivity contribution in [3.63, 3.8) is 0 Å². The second kappa shape index (κ2) is 13.2. The normalized spacial score (nSPS) is 10.4. The van der Waals surface area contributed by atoms with Crippen molar-refractivity contribution in [2.45, 2.75) is 50.5 Å². The molecule has 2 rings (SSSR count). The lowest BCUT2D eigenvalue weighted by Crippen LogP contribution is -2.38. The third kappa shape index (κ3) is 8.88. The zero-order valence-electron chi connectivity index (χ0n) is 17.2. The Labute approximate surface area is 183 Å². The van der Waals surface area contributed by atoms with Gasteiger partial charge in [-0.2, -0.15) is 0 Å². The average molecular weight is 431 g/mol. The van der Waals surface area contributed by atoms with Gasteiger partial charge in [-0.25, -0.2) is 0 Å². The molecule has 0 heterocycles. The van der Waals surface area contributed by atoms with Gasteiger partial charge in [0.05, 0.1) is 6.61 Å². The zero-order chi connectivity index (χ0) is 20.9. The fourth-order valence-electron chi connectivity index (χ4n) is 2.74. The molecule has 6 heteroatoms. The van der Waals surface area contributed by atoms with E-state index in [4.69, 9.17) is 17.0 Å². The molecule has 0 atom stereocenters. The number of carbonyl (C=O) groups excluding carboxylic acids is 1. The van der Waals surface area contributed by atoms with E-state index < -0.39 is 0 Å². The molecule has 0 aliphatic heterocycles. The molecule has 0 aliphatic rings. The molecule has 2 N–H and O–H groups in total. The van der Waals surface area contributed by atoms with Crippen LogP contribution in [0.3, 0.4) is 0 Å². The molecule has 2 aromatic carbocycles. The number of benzene rings is 2. The van der Waals surface area contributed by atoms with Crippen molar-refractivity contribution >= 4 is 35.0 Å². The Bertz CT molecular complexity index is 761. The topological polar surface area (TPSA) is 50.4 Å². The molecule has 0 spiro atoms. The Balaban J connectivity index is 1.71. The molecule has 29 heavy (non-hydrogen) atoms. The van der Waals surface area contributed by atoms with E-state index in [1.54, 1.807) is 23.9 Å². The van der Waals surface area contributed by atoms with E-state index in [1.165, 1.54) is 30.6 Å². The van der Waals surface area contributed by atoms with Crippen LogP contribution in [-0.2, 0) is 6.54 Å². The molecule has 0 saturated heterocycles. The highest BCUT2D eigenvalue weighted by Crippen LogP contribution is 2.15. The zero-order valence-corrected chi connectivity index (χ0v) is 18.8. The summed E-state index contributed by atoms with van der Waals surface area (Å²) in [6.45, 7) is 3.49. The van der Waals surface area contributed by atoms with E-state index in [2.05, 4.69) is 29.7 Å². The maximum Gasteiger partial charge on any atom is 0.257 e. The van der Waals surface area contributed by atoms with Crippen LogP contribution >= 0.6 is 24.0 Å². The van der Waals surface area contributed by atoms with E-state index in [0.717, 1.165) is 17.7 Å². The van der Waals surface area contributed by atoms with Crippen molar-refractivity contribution in [2.75, 3.05) is 12.9 Å². The third-order valence-corrected chi connectivity index (χ3v) is 5.46. The third-order valence-electron chi connectivity index (χ3n) is 4.47. The van der Waals surface area contributed by atoms with E-state index in [0.29, 0.717) is 23.8 Å². The lowest BCUT2D eigenvalue weighted by molar-refractivity contribution is 0.0976. The number of hydrogen-bond donors (Lipinski definition) is 2. The largest absolute Gasteiger partial charge is 0.494 e. The number of nitrogens with one attached hydrogen (secondary N) is 2. The first-order valence-corrected chi connectivity index (χ1v) is 11.7. The Hall–Kier alpha value is -2.05. The van der Waals surface area contributed by atoms with Crippen molar-refractivity contribution < 1.29 is 9.53 Å². The maximum atomic E-state index is 12.3. The molecule has 156 valence electrons. The number of rotatable bonds is 11. The Morgan fingerprint density at radius 1 is 1.00 bits per heavy atom. The maximum absolute atomic E-state index is 12.3. The summed E-state index contributed by atoms with van der Waals surface area (Å²) in [7, 11) is 0. The quantitative estimate of drug-likeness (QED) is 0.278. The van der Waals surface area contributed by atoms with Crippen molar-refractivity contribution in [1.29, 1.82) is 0 Å². The van der Waals surface area contributed by atoms with Gasteiger partial charge >= 0.3 is 0 Å². The van der Waals surface area contributed by atoms with Gasteiger partial charge in [-0.15, -0.1) is 11.8 Å². The average Bonchev–Trinajstić information content (AvgIpc) is 2.75. The molecule has 0 unspecified atom stereocenters. The number of hydrogen-bond acceptors (Lipinski definition) is 4. The molecule has 0 radical (unpaired) electrons. The second-order valence-corrected chi connectivity index (χ2v) is 8.06. The van der Waals surface area contributed by atoms with Gasteiger partial charge in [0, 0.05) is 17.0 Å². The molecule has 0 aliphatic carbocycles. The van der Waals surface area contributed by atoms with Gasteiger partial charge in [-0.1, -0.05) is 44.7 Å². The number of amides is 1. The number of thioether (sulfide) groups is 1. The molecule has 2 aromatic rings. The van der Waals surface area contributed by atoms with Crippen LogP contribution in [0.25, 0.3) is 0 Å². The Kier molecular flexibility index (Phi) is 10.6. The molecule has 0 aromatic heterocycles. The second-order valence-electron chi connectivity index (χ2n) is 6.77. The van der Waals surface area contributed by atoms with Crippen LogP contribution in [0.15, 0.2) is 53.4 Å². The lowest BCUT2D eigenvalue weighted by Gasteiger charge is -2.11. The summed E-state index contributed by atoms with van der Waals surface area (Å²) in [4.78, 5) is 13.6. The summed E-state index contributed by atoms with van der Waals surface area (Å²) in [5.41, 5.74) is 1.66. The standard InChI is InChI=1S/C23H30N2O2S2/c1-3-4-5-6-7-16-27-20-12-10-19(11-13-20)22(26)25-23(28)24-17-18-8-14-21(29-2)15-9-18/h8-15H,3-7,16-17H2,1-2H3,(H2,24,25,26,28). The Morgan fingerprint density at radius 3 is 2.34 bits per heavy atom. The first-order valence-electron chi connectivity index (χ1n) is 10.1. The highest BCUT2D eigenvalue weighted by atomic mass is 32.2. The number of unbranched alkanes of at least 4 members (excludes halogenated alkanes) is 4. The predicted molar refractivity (Wildman–Crippen MR) is 126 cm³/mol. The minimum atomic E-state index is -0.230. The van der Waals surface area contributed by atoms with Crippen LogP contribution < -0.4 is 15.4 Å². The fourth-order valence-corrected chi connectivity index (χ4v) is 3.32. The summed E-state index contributed by atoms with van der Waals surface area (Å²) >= 11 is 6.94. The molecular weight excluding hydrogens is 400 g/mol. The van der Waals surface area contributed by atoms with Crippen molar-refractivity contribution in [3.05, 3.63) is 59.7 Å². The van der Waals surface area contributed by atoms with Gasteiger partial charge < -0.3 is 10.1 Å². The van der Waals surface area contributed by atoms with Crippen LogP contribution in [-0.4, -0.2) is 23.9 Å². The summed E-state index contributed by atoms with van der Waals surface area (Å²) < 4.78 is 5.73. The molecule has 1 amide bonds. The number of carbonyl (C=O) groups is 1. The van der Waals surface area contributed by atoms with Gasteiger partial charge in [0.15, 0.2) is 5.11 Å². The summed E-state index contributed by atoms with van der Waals surface area (Å²) in [5, 5.41) is 6.10. The van der Waals surface area contributed by atoms with Crippen molar-refractivity contribution in [1.82, 2.24) is 10.6 Å². The molecule has 4 nitrogen and oxygen atoms in total. The molecule has 0 fully saturated rings. The summed E-state index contributed by atoms with van der Waals surface area (Å²) in [5.74, 6) is 0.553. The van der Waals surface area contributed by atoms with Crippen LogP contribution in [0.1, 0.15) is 54.9 Å². The SMILES string of the molecule is CCCCCCCOc1ccc(C(=O)NC(=S)NCc2ccc(SC)cc2)cc1. The molecule has 0 bridgehead atoms. The first-order chi connectivity index (χ1) is 14.1. The predicted octanol–water partition coefficient (Wildman–Crippen LogP) is 5.56. The minimum absolute atomic E-state index is 0.230. The number of ether oxygens (including phenoxy) is 1. The summed E-state index contributed by atoms with van der Waals surface area (Å²) in [6.07, 6.45) is 8.09. The molecule has 0 saturated carbocycles. The van der Waals surface area contributed by atoms with Gasteiger partial charge in [0.2, 0.25) is 0 Å². The van der Waals surface area contributed by atoms with Crippen LogP contribution in [0.2, 0.25) is 0 Å². The smallest absolute Gasteiger partial charge is 0.257 e. The van der Waals surface area contributed by atoms with Crippen molar-refractivity contribution in [2.24, 2.45) is 0 Å². The van der Waals surface area contributed by atoms with Gasteiger partial charge in [0.25, 0.3) is 5.91 Å². The molecular formula is C23H30N2O2S2. The van der Waals surface area contributed by atoms with E-state index in [9.17, 15) is 4.79 Å². The Morgan fingerprint density at radius 2 is 1.69 bits per heavy atom.